The molecule has 2 N–H and O–H groups in total. The highest BCUT2D eigenvalue weighted by atomic mass is 16.5. The van der Waals surface area contributed by atoms with E-state index in [1.165, 1.54) is 37.8 Å². The van der Waals surface area contributed by atoms with E-state index in [-0.39, 0.29) is 0 Å². The minimum absolute atomic E-state index is 0.351. The molecular formula is C17H28N2O. The Morgan fingerprint density at radius 1 is 1.35 bits per heavy atom. The van der Waals surface area contributed by atoms with Crippen molar-refractivity contribution in [1.29, 1.82) is 0 Å². The average molecular weight is 276 g/mol. The van der Waals surface area contributed by atoms with Crippen LogP contribution in [0.15, 0.2) is 24.3 Å². The van der Waals surface area contributed by atoms with Crippen LogP contribution in [0.4, 0.5) is 0 Å². The van der Waals surface area contributed by atoms with Crippen molar-refractivity contribution < 1.29 is 4.74 Å². The van der Waals surface area contributed by atoms with Gasteiger partial charge in [-0.1, -0.05) is 18.6 Å². The molecule has 112 valence electrons. The van der Waals surface area contributed by atoms with E-state index in [0.717, 1.165) is 5.75 Å². The van der Waals surface area contributed by atoms with Crippen molar-refractivity contribution in [3.8, 4) is 5.75 Å². The lowest BCUT2D eigenvalue weighted by molar-refractivity contribution is 0.333. The first-order chi connectivity index (χ1) is 9.69. The second-order valence-corrected chi connectivity index (χ2v) is 5.95. The molecular weight excluding hydrogens is 248 g/mol. The van der Waals surface area contributed by atoms with Crippen LogP contribution in [0.25, 0.3) is 0 Å². The molecule has 0 amide bonds. The van der Waals surface area contributed by atoms with Gasteiger partial charge in [-0.25, -0.2) is 0 Å². The average Bonchev–Trinajstić information content (AvgIpc) is 2.48. The molecule has 1 fully saturated rings. The van der Waals surface area contributed by atoms with E-state index in [1.54, 1.807) is 7.11 Å². The first-order valence-corrected chi connectivity index (χ1v) is 7.82. The number of methoxy groups -OCH3 is 1. The number of piperidine rings is 1. The van der Waals surface area contributed by atoms with Crippen LogP contribution in [0.3, 0.4) is 0 Å². The van der Waals surface area contributed by atoms with Gasteiger partial charge in [0.05, 0.1) is 7.11 Å². The molecule has 1 aromatic carbocycles. The Morgan fingerprint density at radius 3 is 2.90 bits per heavy atom. The second kappa shape index (κ2) is 7.65. The third kappa shape index (κ3) is 4.50. The molecule has 3 atom stereocenters. The Bertz CT molecular complexity index is 402. The SMILES string of the molecule is COc1cccc([C@H](C)NC(C)CC2CCCCN2)c1. The van der Waals surface area contributed by atoms with Crippen molar-refractivity contribution in [2.45, 2.75) is 57.7 Å². The molecule has 1 saturated heterocycles. The van der Waals surface area contributed by atoms with E-state index < -0.39 is 0 Å². The monoisotopic (exact) mass is 276 g/mol. The Balaban J connectivity index is 1.84. The van der Waals surface area contributed by atoms with Crippen molar-refractivity contribution in [2.75, 3.05) is 13.7 Å². The zero-order valence-corrected chi connectivity index (χ0v) is 13.0. The van der Waals surface area contributed by atoms with Gasteiger partial charge in [-0.05, 0) is 57.4 Å². The largest absolute Gasteiger partial charge is 0.497 e. The summed E-state index contributed by atoms with van der Waals surface area (Å²) in [6, 6.07) is 9.87. The summed E-state index contributed by atoms with van der Waals surface area (Å²) in [5.41, 5.74) is 1.29. The van der Waals surface area contributed by atoms with Crippen molar-refractivity contribution in [2.24, 2.45) is 0 Å². The van der Waals surface area contributed by atoms with Crippen molar-refractivity contribution in [1.82, 2.24) is 10.6 Å². The van der Waals surface area contributed by atoms with E-state index in [1.807, 2.05) is 6.07 Å². The topological polar surface area (TPSA) is 33.3 Å². The number of benzene rings is 1. The predicted octanol–water partition coefficient (Wildman–Crippen LogP) is 3.27. The first-order valence-electron chi connectivity index (χ1n) is 7.82. The summed E-state index contributed by atoms with van der Waals surface area (Å²) in [7, 11) is 1.72. The molecule has 0 radical (unpaired) electrons. The molecule has 0 saturated carbocycles. The Kier molecular flexibility index (Phi) is 5.86. The van der Waals surface area contributed by atoms with Crippen LogP contribution < -0.4 is 15.4 Å². The smallest absolute Gasteiger partial charge is 0.119 e. The molecule has 1 heterocycles. The maximum atomic E-state index is 5.29. The summed E-state index contributed by atoms with van der Waals surface area (Å²) in [5.74, 6) is 0.928. The van der Waals surface area contributed by atoms with Gasteiger partial charge in [-0.15, -0.1) is 0 Å². The summed E-state index contributed by atoms with van der Waals surface area (Å²) in [5, 5.41) is 7.32. The van der Waals surface area contributed by atoms with Crippen LogP contribution in [-0.4, -0.2) is 25.7 Å². The van der Waals surface area contributed by atoms with E-state index in [9.17, 15) is 0 Å². The second-order valence-electron chi connectivity index (χ2n) is 5.95. The standard InChI is InChI=1S/C17H28N2O/c1-13(11-16-8-4-5-10-18-16)19-14(2)15-7-6-9-17(12-15)20-3/h6-7,9,12-14,16,18-19H,4-5,8,10-11H2,1-3H3/t13?,14-,16?/m0/s1. The zero-order valence-electron chi connectivity index (χ0n) is 13.0. The Morgan fingerprint density at radius 2 is 2.20 bits per heavy atom. The predicted molar refractivity (Wildman–Crippen MR) is 84.3 cm³/mol. The third-order valence-corrected chi connectivity index (χ3v) is 4.18. The van der Waals surface area contributed by atoms with Gasteiger partial charge >= 0.3 is 0 Å². The van der Waals surface area contributed by atoms with Crippen LogP contribution in [0.1, 0.15) is 51.1 Å². The molecule has 0 spiro atoms. The number of nitrogens with one attached hydrogen (secondary N) is 2. The molecule has 0 aliphatic carbocycles. The van der Waals surface area contributed by atoms with Crippen molar-refractivity contribution in [3.63, 3.8) is 0 Å². The van der Waals surface area contributed by atoms with Gasteiger partial charge in [0.1, 0.15) is 5.75 Å². The number of ether oxygens (including phenoxy) is 1. The van der Waals surface area contributed by atoms with Gasteiger partial charge in [0, 0.05) is 18.1 Å². The molecule has 3 heteroatoms. The van der Waals surface area contributed by atoms with Crippen LogP contribution in [-0.2, 0) is 0 Å². The lowest BCUT2D eigenvalue weighted by Gasteiger charge is -2.28. The minimum Gasteiger partial charge on any atom is -0.497 e. The summed E-state index contributed by atoms with van der Waals surface area (Å²) in [6.45, 7) is 5.69. The van der Waals surface area contributed by atoms with Gasteiger partial charge in [-0.3, -0.25) is 0 Å². The Hall–Kier alpha value is -1.06. The van der Waals surface area contributed by atoms with Crippen LogP contribution in [0, 0.1) is 0 Å². The Labute approximate surface area is 123 Å². The molecule has 2 rings (SSSR count). The highest BCUT2D eigenvalue weighted by Crippen LogP contribution is 2.20. The molecule has 3 nitrogen and oxygen atoms in total. The van der Waals surface area contributed by atoms with E-state index in [2.05, 4.69) is 42.7 Å². The van der Waals surface area contributed by atoms with Gasteiger partial charge in [-0.2, -0.15) is 0 Å². The fourth-order valence-corrected chi connectivity index (χ4v) is 3.05. The van der Waals surface area contributed by atoms with Crippen molar-refractivity contribution in [3.05, 3.63) is 29.8 Å². The number of hydrogen-bond donors (Lipinski definition) is 2. The van der Waals surface area contributed by atoms with Gasteiger partial charge in [0.15, 0.2) is 0 Å². The van der Waals surface area contributed by atoms with Crippen molar-refractivity contribution >= 4 is 0 Å². The van der Waals surface area contributed by atoms with Crippen LogP contribution in [0.2, 0.25) is 0 Å². The summed E-state index contributed by atoms with van der Waals surface area (Å²) in [4.78, 5) is 0. The molecule has 1 aromatic rings. The molecule has 0 bridgehead atoms. The highest BCUT2D eigenvalue weighted by Gasteiger charge is 2.17. The summed E-state index contributed by atoms with van der Waals surface area (Å²) in [6.07, 6.45) is 5.22. The number of rotatable bonds is 6. The summed E-state index contributed by atoms with van der Waals surface area (Å²) >= 11 is 0. The first kappa shape index (κ1) is 15.3. The maximum absolute atomic E-state index is 5.29. The highest BCUT2D eigenvalue weighted by molar-refractivity contribution is 5.30. The molecule has 0 aromatic heterocycles. The normalized spacial score (nSPS) is 22.2. The van der Waals surface area contributed by atoms with Gasteiger partial charge in [0.2, 0.25) is 0 Å². The lowest BCUT2D eigenvalue weighted by atomic mass is 9.98. The summed E-state index contributed by atoms with van der Waals surface area (Å²) < 4.78 is 5.29. The molecule has 1 aliphatic rings. The van der Waals surface area contributed by atoms with Crippen LogP contribution >= 0.6 is 0 Å². The molecule has 2 unspecified atom stereocenters. The molecule has 1 aliphatic heterocycles. The van der Waals surface area contributed by atoms with E-state index >= 15 is 0 Å². The number of hydrogen-bond acceptors (Lipinski definition) is 3. The maximum Gasteiger partial charge on any atom is 0.119 e. The quantitative estimate of drug-likeness (QED) is 0.836. The van der Waals surface area contributed by atoms with E-state index in [0.29, 0.717) is 18.1 Å². The van der Waals surface area contributed by atoms with E-state index in [4.69, 9.17) is 4.74 Å². The zero-order chi connectivity index (χ0) is 14.4. The van der Waals surface area contributed by atoms with Crippen LogP contribution in [0.5, 0.6) is 5.75 Å². The minimum atomic E-state index is 0.351. The van der Waals surface area contributed by atoms with Gasteiger partial charge < -0.3 is 15.4 Å². The fraction of sp³-hybridized carbons (Fsp3) is 0.647. The van der Waals surface area contributed by atoms with Gasteiger partial charge in [0.25, 0.3) is 0 Å². The lowest BCUT2D eigenvalue weighted by Crippen LogP contribution is -2.40. The third-order valence-electron chi connectivity index (χ3n) is 4.18. The fourth-order valence-electron chi connectivity index (χ4n) is 3.05. The molecule has 20 heavy (non-hydrogen) atoms.